The first kappa shape index (κ1) is 22.5. The molecule has 5 aromatic heterocycles. The zero-order valence-electron chi connectivity index (χ0n) is 19.3. The lowest BCUT2D eigenvalue weighted by Gasteiger charge is -2.47. The number of hydrogen-bond donors (Lipinski definition) is 2. The van der Waals surface area contributed by atoms with Crippen LogP contribution in [0.15, 0.2) is 47.4 Å². The van der Waals surface area contributed by atoms with E-state index in [0.717, 1.165) is 10.9 Å². The summed E-state index contributed by atoms with van der Waals surface area (Å²) in [6.07, 6.45) is 7.05. The average Bonchev–Trinajstić information content (AvgIpc) is 3.64. The van der Waals surface area contributed by atoms with E-state index in [9.17, 15) is 18.8 Å². The van der Waals surface area contributed by atoms with Gasteiger partial charge in [-0.15, -0.1) is 0 Å². The minimum absolute atomic E-state index is 0.00402. The minimum atomic E-state index is -3.36. The van der Waals surface area contributed by atoms with Crippen LogP contribution in [0.4, 0.5) is 0 Å². The Morgan fingerprint density at radius 2 is 2.11 bits per heavy atom. The second kappa shape index (κ2) is 8.02. The van der Waals surface area contributed by atoms with Crippen LogP contribution in [0.1, 0.15) is 19.1 Å². The Bertz CT molecular complexity index is 1750. The summed E-state index contributed by atoms with van der Waals surface area (Å²) in [6.45, 7) is 1.72. The number of nitriles is 1. The highest BCUT2D eigenvalue weighted by molar-refractivity contribution is 7.89. The maximum atomic E-state index is 12.3. The van der Waals surface area contributed by atoms with Crippen molar-refractivity contribution in [3.05, 3.63) is 48.7 Å². The summed E-state index contributed by atoms with van der Waals surface area (Å²) in [7, 11) is -3.36. The third kappa shape index (κ3) is 3.26. The number of hydrogen-bond acceptors (Lipinski definition) is 8. The number of nitrogens with one attached hydrogen (secondary N) is 1. The second-order valence-electron chi connectivity index (χ2n) is 8.80. The quantitative estimate of drug-likeness (QED) is 0.340. The zero-order valence-corrected chi connectivity index (χ0v) is 20.1. The Hall–Kier alpha value is -3.99. The van der Waals surface area contributed by atoms with E-state index in [4.69, 9.17) is 9.40 Å². The number of sulfonamides is 1. The molecule has 1 aliphatic heterocycles. The molecule has 0 spiro atoms. The van der Waals surface area contributed by atoms with E-state index in [1.165, 1.54) is 4.31 Å². The standard InChI is InChI=1S/C23H22N8O4S/c1-2-36(33,34)29-13-23(14-29,6-7-24)30-11-15(9-27-30)31-20-17-5-8-25-21(17)26-10-18(20)28-22(31)19-4-3-16(12-32)35-19/h3-5,8-11,32H,2,6,12-14H2,1H3,(H,25,26). The molecule has 6 heterocycles. The van der Waals surface area contributed by atoms with Gasteiger partial charge in [0.15, 0.2) is 11.6 Å². The number of aromatic nitrogens is 6. The summed E-state index contributed by atoms with van der Waals surface area (Å²) in [5.41, 5.74) is 2.03. The van der Waals surface area contributed by atoms with E-state index in [1.54, 1.807) is 48.5 Å². The lowest BCUT2D eigenvalue weighted by Crippen LogP contribution is -2.64. The lowest BCUT2D eigenvalue weighted by atomic mass is 9.89. The highest BCUT2D eigenvalue weighted by atomic mass is 32.2. The molecule has 13 heteroatoms. The average molecular weight is 507 g/mol. The molecule has 0 bridgehead atoms. The summed E-state index contributed by atoms with van der Waals surface area (Å²) in [6, 6.07) is 7.53. The predicted octanol–water partition coefficient (Wildman–Crippen LogP) is 2.12. The third-order valence-electron chi connectivity index (χ3n) is 6.66. The molecule has 1 fully saturated rings. The number of H-pyrrole nitrogens is 1. The fourth-order valence-electron chi connectivity index (χ4n) is 4.73. The Morgan fingerprint density at radius 3 is 2.83 bits per heavy atom. The number of rotatable bonds is 7. The molecule has 5 aromatic rings. The third-order valence-corrected chi connectivity index (χ3v) is 8.43. The fourth-order valence-corrected chi connectivity index (χ4v) is 5.97. The first-order chi connectivity index (χ1) is 17.4. The van der Waals surface area contributed by atoms with Gasteiger partial charge in [-0.25, -0.2) is 18.4 Å². The molecule has 0 unspecified atom stereocenters. The Balaban J connectivity index is 1.51. The molecule has 6 rings (SSSR count). The minimum Gasteiger partial charge on any atom is -0.455 e. The van der Waals surface area contributed by atoms with Gasteiger partial charge in [-0.3, -0.25) is 9.25 Å². The van der Waals surface area contributed by atoms with Gasteiger partial charge in [0.05, 0.1) is 41.8 Å². The summed E-state index contributed by atoms with van der Waals surface area (Å²) < 4.78 is 35.4. The molecule has 0 aromatic carbocycles. The van der Waals surface area contributed by atoms with Crippen molar-refractivity contribution in [2.24, 2.45) is 0 Å². The van der Waals surface area contributed by atoms with Crippen molar-refractivity contribution in [2.75, 3.05) is 18.8 Å². The number of imidazole rings is 1. The Morgan fingerprint density at radius 1 is 1.28 bits per heavy atom. The number of nitrogens with zero attached hydrogens (tertiary/aromatic N) is 7. The topological polar surface area (TPSA) is 159 Å². The summed E-state index contributed by atoms with van der Waals surface area (Å²) in [5.74, 6) is 1.37. The number of aliphatic hydroxyl groups excluding tert-OH is 1. The van der Waals surface area contributed by atoms with Gasteiger partial charge in [-0.1, -0.05) is 0 Å². The van der Waals surface area contributed by atoms with Crippen LogP contribution in [0.3, 0.4) is 0 Å². The van der Waals surface area contributed by atoms with Crippen LogP contribution in [-0.4, -0.2) is 66.0 Å². The first-order valence-corrected chi connectivity index (χ1v) is 12.9. The van der Waals surface area contributed by atoms with Gasteiger partial charge in [0, 0.05) is 30.9 Å². The number of pyridine rings is 1. The zero-order chi connectivity index (χ0) is 25.1. The van der Waals surface area contributed by atoms with E-state index in [-0.39, 0.29) is 31.9 Å². The van der Waals surface area contributed by atoms with Gasteiger partial charge >= 0.3 is 0 Å². The fraction of sp³-hybridized carbons (Fsp3) is 0.304. The number of aliphatic hydroxyl groups is 1. The molecule has 1 aliphatic rings. The van der Waals surface area contributed by atoms with Gasteiger partial charge in [0.25, 0.3) is 0 Å². The normalized spacial score (nSPS) is 15.9. The molecule has 12 nitrogen and oxygen atoms in total. The summed E-state index contributed by atoms with van der Waals surface area (Å²) in [4.78, 5) is 12.3. The number of fused-ring (bicyclic) bond motifs is 3. The molecular weight excluding hydrogens is 484 g/mol. The molecule has 1 saturated heterocycles. The Labute approximate surface area is 205 Å². The molecule has 0 saturated carbocycles. The van der Waals surface area contributed by atoms with E-state index < -0.39 is 15.6 Å². The van der Waals surface area contributed by atoms with E-state index in [1.807, 2.05) is 10.6 Å². The predicted molar refractivity (Wildman–Crippen MR) is 129 cm³/mol. The monoisotopic (exact) mass is 506 g/mol. The van der Waals surface area contributed by atoms with Crippen molar-refractivity contribution in [3.63, 3.8) is 0 Å². The van der Waals surface area contributed by atoms with Crippen molar-refractivity contribution < 1.29 is 17.9 Å². The molecule has 0 amide bonds. The molecule has 0 aliphatic carbocycles. The number of furan rings is 1. The van der Waals surface area contributed by atoms with Crippen molar-refractivity contribution >= 4 is 32.1 Å². The molecule has 0 radical (unpaired) electrons. The van der Waals surface area contributed by atoms with Gasteiger partial charge in [0.1, 0.15) is 29.1 Å². The van der Waals surface area contributed by atoms with Gasteiger partial charge in [0.2, 0.25) is 10.0 Å². The molecule has 36 heavy (non-hydrogen) atoms. The van der Waals surface area contributed by atoms with Crippen LogP contribution >= 0.6 is 0 Å². The highest BCUT2D eigenvalue weighted by Gasteiger charge is 2.49. The summed E-state index contributed by atoms with van der Waals surface area (Å²) >= 11 is 0. The number of aromatic amines is 1. The first-order valence-electron chi connectivity index (χ1n) is 11.3. The molecule has 184 valence electrons. The van der Waals surface area contributed by atoms with Gasteiger partial charge < -0.3 is 14.5 Å². The highest BCUT2D eigenvalue weighted by Crippen LogP contribution is 2.37. The van der Waals surface area contributed by atoms with Crippen LogP contribution in [0.25, 0.3) is 39.3 Å². The van der Waals surface area contributed by atoms with Crippen LogP contribution in [-0.2, 0) is 22.2 Å². The van der Waals surface area contributed by atoms with Gasteiger partial charge in [-0.05, 0) is 25.1 Å². The van der Waals surface area contributed by atoms with Crippen LogP contribution in [0.2, 0.25) is 0 Å². The SMILES string of the molecule is CCS(=O)(=O)N1CC(CC#N)(n2cc(-n3c(-c4ccc(CO)o4)nc4cnc5[nH]ccc5c43)cn2)C1. The van der Waals surface area contributed by atoms with Crippen LogP contribution < -0.4 is 0 Å². The van der Waals surface area contributed by atoms with Crippen LogP contribution in [0.5, 0.6) is 0 Å². The summed E-state index contributed by atoms with van der Waals surface area (Å²) in [5, 5.41) is 24.4. The maximum absolute atomic E-state index is 12.3. The Kier molecular flexibility index (Phi) is 5.01. The molecule has 0 atom stereocenters. The smallest absolute Gasteiger partial charge is 0.213 e. The van der Waals surface area contributed by atoms with Crippen molar-refractivity contribution in [1.29, 1.82) is 5.26 Å². The second-order valence-corrected chi connectivity index (χ2v) is 11.1. The lowest BCUT2D eigenvalue weighted by molar-refractivity contribution is 0.0718. The molecule has 2 N–H and O–H groups in total. The van der Waals surface area contributed by atoms with Crippen molar-refractivity contribution in [1.82, 2.24) is 33.6 Å². The molecular formula is C23H22N8O4S. The van der Waals surface area contributed by atoms with Crippen molar-refractivity contribution in [3.8, 4) is 23.3 Å². The van der Waals surface area contributed by atoms with E-state index in [0.29, 0.717) is 34.2 Å². The van der Waals surface area contributed by atoms with Gasteiger partial charge in [-0.2, -0.15) is 14.7 Å². The maximum Gasteiger partial charge on any atom is 0.213 e. The largest absolute Gasteiger partial charge is 0.455 e. The van der Waals surface area contributed by atoms with Crippen molar-refractivity contribution in [2.45, 2.75) is 25.5 Å². The van der Waals surface area contributed by atoms with Crippen LogP contribution in [0, 0.1) is 11.3 Å². The van der Waals surface area contributed by atoms with E-state index in [2.05, 4.69) is 21.1 Å². The van der Waals surface area contributed by atoms with E-state index >= 15 is 0 Å².